The summed E-state index contributed by atoms with van der Waals surface area (Å²) in [4.78, 5) is 14.8. The van der Waals surface area contributed by atoms with E-state index in [1.54, 1.807) is 12.1 Å². The lowest BCUT2D eigenvalue weighted by Crippen LogP contribution is -2.44. The van der Waals surface area contributed by atoms with Gasteiger partial charge in [-0.15, -0.1) is 0 Å². The van der Waals surface area contributed by atoms with Crippen LogP contribution in [0.4, 0.5) is 5.69 Å². The minimum Gasteiger partial charge on any atom is -0.504 e. The monoisotopic (exact) mass is 310 g/mol. The number of hydrogen-bond donors (Lipinski definition) is 2. The quantitative estimate of drug-likeness (QED) is 0.914. The van der Waals surface area contributed by atoms with E-state index in [-0.39, 0.29) is 23.9 Å². The van der Waals surface area contributed by atoms with Crippen LogP contribution in [-0.2, 0) is 0 Å². The molecule has 0 spiro atoms. The van der Waals surface area contributed by atoms with Crippen molar-refractivity contribution < 1.29 is 14.6 Å². The Bertz CT molecular complexity index is 771. The van der Waals surface area contributed by atoms with Crippen molar-refractivity contribution in [1.82, 2.24) is 4.90 Å². The Balaban J connectivity index is 1.77. The first-order chi connectivity index (χ1) is 11.2. The van der Waals surface area contributed by atoms with Crippen LogP contribution >= 0.6 is 0 Å². The number of ether oxygens (including phenoxy) is 1. The molecule has 2 aromatic rings. The molecule has 1 saturated carbocycles. The predicted molar refractivity (Wildman–Crippen MR) is 86.7 cm³/mol. The van der Waals surface area contributed by atoms with Crippen LogP contribution in [0.3, 0.4) is 0 Å². The average Bonchev–Trinajstić information content (AvgIpc) is 3.39. The van der Waals surface area contributed by atoms with E-state index in [9.17, 15) is 9.90 Å². The Morgan fingerprint density at radius 1 is 1.22 bits per heavy atom. The Morgan fingerprint density at radius 2 is 2.00 bits per heavy atom. The fourth-order valence-electron chi connectivity index (χ4n) is 3.12. The van der Waals surface area contributed by atoms with Gasteiger partial charge in [-0.25, -0.2) is 0 Å². The number of methoxy groups -OCH3 is 1. The Kier molecular flexibility index (Phi) is 3.15. The van der Waals surface area contributed by atoms with Crippen molar-refractivity contribution in [2.45, 2.75) is 25.0 Å². The van der Waals surface area contributed by atoms with Gasteiger partial charge in [0.15, 0.2) is 11.5 Å². The largest absolute Gasteiger partial charge is 0.504 e. The third-order valence-corrected chi connectivity index (χ3v) is 4.42. The number of amides is 1. The van der Waals surface area contributed by atoms with Crippen LogP contribution in [0, 0.1) is 0 Å². The summed E-state index contributed by atoms with van der Waals surface area (Å²) in [5.74, 6) is 0.547. The van der Waals surface area contributed by atoms with Gasteiger partial charge in [-0.2, -0.15) is 0 Å². The molecule has 118 valence electrons. The van der Waals surface area contributed by atoms with E-state index in [2.05, 4.69) is 5.32 Å². The lowest BCUT2D eigenvalue weighted by atomic mass is 10.0. The van der Waals surface area contributed by atoms with Gasteiger partial charge in [0, 0.05) is 11.7 Å². The van der Waals surface area contributed by atoms with Gasteiger partial charge in [0.25, 0.3) is 5.91 Å². The van der Waals surface area contributed by atoms with Gasteiger partial charge >= 0.3 is 0 Å². The van der Waals surface area contributed by atoms with E-state index in [0.29, 0.717) is 11.3 Å². The molecule has 1 atom stereocenters. The maximum atomic E-state index is 12.9. The fraction of sp³-hybridized carbons (Fsp3) is 0.278. The maximum Gasteiger partial charge on any atom is 0.258 e. The minimum atomic E-state index is -0.276. The zero-order chi connectivity index (χ0) is 16.0. The molecule has 1 fully saturated rings. The number of para-hydroxylation sites is 1. The second-order valence-corrected chi connectivity index (χ2v) is 5.97. The van der Waals surface area contributed by atoms with Gasteiger partial charge < -0.3 is 20.1 Å². The topological polar surface area (TPSA) is 61.8 Å². The third-order valence-electron chi connectivity index (χ3n) is 4.42. The molecule has 0 unspecified atom stereocenters. The minimum absolute atomic E-state index is 0.0437. The van der Waals surface area contributed by atoms with E-state index in [1.165, 1.54) is 7.11 Å². The summed E-state index contributed by atoms with van der Waals surface area (Å²) in [6.07, 6.45) is 1.77. The van der Waals surface area contributed by atoms with E-state index in [0.717, 1.165) is 24.1 Å². The summed E-state index contributed by atoms with van der Waals surface area (Å²) in [6, 6.07) is 13.1. The number of aromatic hydroxyl groups is 1. The zero-order valence-electron chi connectivity index (χ0n) is 12.8. The van der Waals surface area contributed by atoms with Crippen LogP contribution in [0.15, 0.2) is 42.5 Å². The van der Waals surface area contributed by atoms with Gasteiger partial charge in [-0.1, -0.05) is 18.2 Å². The average molecular weight is 310 g/mol. The predicted octanol–water partition coefficient (Wildman–Crippen LogP) is 3.13. The van der Waals surface area contributed by atoms with Gasteiger partial charge in [0.2, 0.25) is 0 Å². The molecule has 2 aromatic carbocycles. The van der Waals surface area contributed by atoms with Crippen molar-refractivity contribution in [2.75, 3.05) is 12.4 Å². The van der Waals surface area contributed by atoms with Crippen LogP contribution in [0.1, 0.15) is 34.9 Å². The number of nitrogens with zero attached hydrogens (tertiary/aromatic N) is 1. The summed E-state index contributed by atoms with van der Waals surface area (Å²) in [6.45, 7) is 0. The molecule has 2 N–H and O–H groups in total. The molecule has 1 amide bonds. The number of nitrogens with one attached hydrogen (secondary N) is 1. The highest BCUT2D eigenvalue weighted by atomic mass is 16.5. The van der Waals surface area contributed by atoms with Crippen LogP contribution in [0.5, 0.6) is 11.5 Å². The smallest absolute Gasteiger partial charge is 0.258 e. The summed E-state index contributed by atoms with van der Waals surface area (Å²) >= 11 is 0. The van der Waals surface area contributed by atoms with Crippen LogP contribution in [0.2, 0.25) is 0 Å². The molecular weight excluding hydrogens is 292 g/mol. The number of carbonyl (C=O) groups excluding carboxylic acids is 1. The summed E-state index contributed by atoms with van der Waals surface area (Å²) < 4.78 is 5.10. The maximum absolute atomic E-state index is 12.9. The molecule has 5 nitrogen and oxygen atoms in total. The Morgan fingerprint density at radius 3 is 2.70 bits per heavy atom. The first kappa shape index (κ1) is 13.9. The molecule has 0 bridgehead atoms. The van der Waals surface area contributed by atoms with E-state index < -0.39 is 0 Å². The number of rotatable bonds is 3. The number of phenolic OH excluding ortho intramolecular Hbond substituents is 1. The van der Waals surface area contributed by atoms with Crippen LogP contribution in [0.25, 0.3) is 0 Å². The number of hydrogen-bond acceptors (Lipinski definition) is 4. The third kappa shape index (κ3) is 2.29. The van der Waals surface area contributed by atoms with Crippen LogP contribution < -0.4 is 10.1 Å². The van der Waals surface area contributed by atoms with E-state index >= 15 is 0 Å². The van der Waals surface area contributed by atoms with Crippen molar-refractivity contribution in [2.24, 2.45) is 0 Å². The van der Waals surface area contributed by atoms with Gasteiger partial charge in [-0.3, -0.25) is 4.79 Å². The fourth-order valence-corrected chi connectivity index (χ4v) is 3.12. The number of benzene rings is 2. The summed E-state index contributed by atoms with van der Waals surface area (Å²) in [7, 11) is 1.52. The molecule has 0 saturated heterocycles. The lowest BCUT2D eigenvalue weighted by molar-refractivity contribution is 0.0666. The van der Waals surface area contributed by atoms with Crippen LogP contribution in [-0.4, -0.2) is 29.1 Å². The number of phenols is 1. The molecule has 1 aliphatic carbocycles. The van der Waals surface area contributed by atoms with E-state index in [4.69, 9.17) is 4.74 Å². The second kappa shape index (κ2) is 5.19. The number of carbonyl (C=O) groups is 1. The highest BCUT2D eigenvalue weighted by Gasteiger charge is 2.42. The van der Waals surface area contributed by atoms with Crippen molar-refractivity contribution in [3.8, 4) is 11.5 Å². The molecule has 0 aromatic heterocycles. The summed E-state index contributed by atoms with van der Waals surface area (Å²) in [5, 5.41) is 13.5. The highest BCUT2D eigenvalue weighted by molar-refractivity contribution is 6.02. The van der Waals surface area contributed by atoms with Crippen molar-refractivity contribution >= 4 is 11.6 Å². The standard InChI is InChI=1S/C18H18N2O3/c1-23-16-9-6-11(10-15(16)21)17-19-14-5-3-2-4-13(14)18(22)20(17)12-7-8-12/h2-6,9-10,12,17,19,21H,7-8H2,1H3/t17-/m0/s1. The zero-order valence-corrected chi connectivity index (χ0v) is 12.8. The Labute approximate surface area is 134 Å². The highest BCUT2D eigenvalue weighted by Crippen LogP contribution is 2.42. The van der Waals surface area contributed by atoms with E-state index in [1.807, 2.05) is 35.2 Å². The van der Waals surface area contributed by atoms with Crippen molar-refractivity contribution in [3.63, 3.8) is 0 Å². The van der Waals surface area contributed by atoms with Crippen molar-refractivity contribution in [3.05, 3.63) is 53.6 Å². The number of anilines is 1. The molecule has 2 aliphatic rings. The molecule has 1 aliphatic heterocycles. The molecule has 5 heteroatoms. The van der Waals surface area contributed by atoms with Gasteiger partial charge in [-0.05, 0) is 42.7 Å². The first-order valence-corrected chi connectivity index (χ1v) is 7.74. The summed E-state index contributed by atoms with van der Waals surface area (Å²) in [5.41, 5.74) is 2.38. The molecular formula is C18H18N2O3. The number of fused-ring (bicyclic) bond motifs is 1. The Hall–Kier alpha value is -2.69. The van der Waals surface area contributed by atoms with Gasteiger partial charge in [0.05, 0.1) is 12.7 Å². The molecule has 4 rings (SSSR count). The van der Waals surface area contributed by atoms with Crippen molar-refractivity contribution in [1.29, 1.82) is 0 Å². The normalized spacial score (nSPS) is 20.0. The van der Waals surface area contributed by atoms with Gasteiger partial charge in [0.1, 0.15) is 6.17 Å². The lowest BCUT2D eigenvalue weighted by Gasteiger charge is -2.38. The molecule has 1 heterocycles. The second-order valence-electron chi connectivity index (χ2n) is 5.97. The first-order valence-electron chi connectivity index (χ1n) is 7.74. The molecule has 0 radical (unpaired) electrons. The SMILES string of the molecule is COc1ccc([C@H]2Nc3ccccc3C(=O)N2C2CC2)cc1O. The molecule has 23 heavy (non-hydrogen) atoms.